The van der Waals surface area contributed by atoms with Gasteiger partial charge in [0.2, 0.25) is 0 Å². The molecule has 1 atom stereocenters. The summed E-state index contributed by atoms with van der Waals surface area (Å²) in [5.41, 5.74) is 3.06. The number of aliphatic hydroxyl groups is 1. The first kappa shape index (κ1) is 24.1. The fourth-order valence-corrected chi connectivity index (χ4v) is 5.68. The Balaban J connectivity index is 1.58. The van der Waals surface area contributed by atoms with Gasteiger partial charge in [0.1, 0.15) is 17.6 Å². The molecular formula is C28H29N3O4S. The van der Waals surface area contributed by atoms with Gasteiger partial charge in [-0.15, -0.1) is 11.3 Å². The van der Waals surface area contributed by atoms with E-state index >= 15 is 0 Å². The number of benzene rings is 2. The number of ketones is 1. The van der Waals surface area contributed by atoms with Gasteiger partial charge in [-0.1, -0.05) is 17.7 Å². The molecule has 8 heteroatoms. The van der Waals surface area contributed by atoms with Gasteiger partial charge in [0.25, 0.3) is 11.7 Å². The Hall–Kier alpha value is -3.62. The molecule has 5 rings (SSSR count). The summed E-state index contributed by atoms with van der Waals surface area (Å²) in [6.45, 7) is 5.77. The van der Waals surface area contributed by atoms with E-state index in [1.807, 2.05) is 54.8 Å². The Morgan fingerprint density at radius 2 is 1.69 bits per heavy atom. The molecule has 7 nitrogen and oxygen atoms in total. The molecule has 2 aromatic carbocycles. The standard InChI is InChI=1S/C28H29N3O4S/c1-18-6-11-22(35-3)21(17-18)26(32)24-25(23-5-4-16-36-23)31(28(34)27(24)33)20-9-7-19(8-10-20)30-14-12-29(2)13-15-30/h4-11,16-17,25,32H,12-15H2,1-3H3/b26-24-. The number of thiophene rings is 1. The molecule has 0 radical (unpaired) electrons. The van der Waals surface area contributed by atoms with Crippen LogP contribution in [0.3, 0.4) is 0 Å². The maximum atomic E-state index is 13.4. The van der Waals surface area contributed by atoms with E-state index in [1.165, 1.54) is 23.3 Å². The number of nitrogens with zero attached hydrogens (tertiary/aromatic N) is 3. The molecule has 2 fully saturated rings. The maximum absolute atomic E-state index is 13.4. The Morgan fingerprint density at radius 1 is 1.00 bits per heavy atom. The number of carbonyl (C=O) groups excluding carboxylic acids is 2. The molecule has 3 aromatic rings. The first-order valence-electron chi connectivity index (χ1n) is 11.9. The third-order valence-corrected chi connectivity index (χ3v) is 7.79. The summed E-state index contributed by atoms with van der Waals surface area (Å²) in [6, 6.07) is 16.2. The normalized spacial score (nSPS) is 20.2. The number of Topliss-reactive ketones (excluding diaryl/α,β-unsaturated/α-hetero) is 1. The van der Waals surface area contributed by atoms with Gasteiger partial charge < -0.3 is 19.6 Å². The maximum Gasteiger partial charge on any atom is 0.300 e. The smallest absolute Gasteiger partial charge is 0.300 e. The summed E-state index contributed by atoms with van der Waals surface area (Å²) in [4.78, 5) is 33.7. The van der Waals surface area contributed by atoms with E-state index in [4.69, 9.17) is 4.74 Å². The summed E-state index contributed by atoms with van der Waals surface area (Å²) in [5, 5.41) is 13.3. The zero-order valence-electron chi connectivity index (χ0n) is 20.6. The largest absolute Gasteiger partial charge is 0.507 e. The fourth-order valence-electron chi connectivity index (χ4n) is 4.86. The first-order valence-corrected chi connectivity index (χ1v) is 12.8. The lowest BCUT2D eigenvalue weighted by Gasteiger charge is -2.34. The zero-order chi connectivity index (χ0) is 25.4. The van der Waals surface area contributed by atoms with E-state index in [1.54, 1.807) is 12.1 Å². The highest BCUT2D eigenvalue weighted by atomic mass is 32.1. The number of hydrogen-bond acceptors (Lipinski definition) is 7. The van der Waals surface area contributed by atoms with E-state index in [0.29, 0.717) is 17.0 Å². The topological polar surface area (TPSA) is 73.3 Å². The molecule has 0 aliphatic carbocycles. The molecule has 2 aliphatic rings. The van der Waals surface area contributed by atoms with Crippen LogP contribution in [0.2, 0.25) is 0 Å². The Kier molecular flexibility index (Phi) is 6.55. The SMILES string of the molecule is COc1ccc(C)cc1/C(O)=C1/C(=O)C(=O)N(c2ccc(N3CCN(C)CC3)cc2)C1c1cccs1. The average molecular weight is 504 g/mol. The van der Waals surface area contributed by atoms with Crippen LogP contribution < -0.4 is 14.5 Å². The molecule has 3 heterocycles. The minimum atomic E-state index is -0.732. The fraction of sp³-hybridized carbons (Fsp3) is 0.286. The monoisotopic (exact) mass is 503 g/mol. The van der Waals surface area contributed by atoms with Crippen molar-refractivity contribution in [2.24, 2.45) is 0 Å². The average Bonchev–Trinajstić information content (AvgIpc) is 3.51. The van der Waals surface area contributed by atoms with Crippen molar-refractivity contribution in [2.45, 2.75) is 13.0 Å². The van der Waals surface area contributed by atoms with Crippen molar-refractivity contribution in [1.29, 1.82) is 0 Å². The van der Waals surface area contributed by atoms with Crippen molar-refractivity contribution in [2.75, 3.05) is 50.1 Å². The van der Waals surface area contributed by atoms with Gasteiger partial charge in [0.15, 0.2) is 0 Å². The second-order valence-corrected chi connectivity index (χ2v) is 10.2. The Labute approximate surface area is 214 Å². The second kappa shape index (κ2) is 9.79. The number of aliphatic hydroxyl groups excluding tert-OH is 1. The summed E-state index contributed by atoms with van der Waals surface area (Å²) < 4.78 is 5.45. The molecule has 1 N–H and O–H groups in total. The molecule has 1 amide bonds. The number of amides is 1. The van der Waals surface area contributed by atoms with Crippen molar-refractivity contribution in [3.05, 3.63) is 81.6 Å². The van der Waals surface area contributed by atoms with Crippen LogP contribution in [0.5, 0.6) is 5.75 Å². The number of anilines is 2. The van der Waals surface area contributed by atoms with Crippen molar-refractivity contribution in [3.63, 3.8) is 0 Å². The minimum absolute atomic E-state index is 0.0643. The number of carbonyl (C=O) groups is 2. The number of rotatable bonds is 5. The van der Waals surface area contributed by atoms with Crippen LogP contribution in [0.4, 0.5) is 11.4 Å². The van der Waals surface area contributed by atoms with Crippen LogP contribution in [0.1, 0.15) is 22.0 Å². The van der Waals surface area contributed by atoms with Crippen molar-refractivity contribution in [3.8, 4) is 5.75 Å². The number of hydrogen-bond donors (Lipinski definition) is 1. The third kappa shape index (κ3) is 4.27. The Bertz CT molecular complexity index is 1310. The van der Waals surface area contributed by atoms with Crippen LogP contribution in [0, 0.1) is 6.92 Å². The number of piperazine rings is 1. The van der Waals surface area contributed by atoms with Crippen LogP contribution in [0.15, 0.2) is 65.6 Å². The van der Waals surface area contributed by atoms with Gasteiger partial charge in [-0.2, -0.15) is 0 Å². The lowest BCUT2D eigenvalue weighted by atomic mass is 9.98. The highest BCUT2D eigenvalue weighted by molar-refractivity contribution is 7.10. The predicted octanol–water partition coefficient (Wildman–Crippen LogP) is 4.44. The van der Waals surface area contributed by atoms with E-state index in [-0.39, 0.29) is 11.3 Å². The third-order valence-electron chi connectivity index (χ3n) is 6.86. The van der Waals surface area contributed by atoms with Gasteiger partial charge in [-0.25, -0.2) is 0 Å². The highest BCUT2D eigenvalue weighted by Crippen LogP contribution is 2.44. The molecule has 0 bridgehead atoms. The molecule has 2 aliphatic heterocycles. The van der Waals surface area contributed by atoms with Crippen molar-refractivity contribution in [1.82, 2.24) is 4.90 Å². The molecule has 0 saturated carbocycles. The van der Waals surface area contributed by atoms with E-state index in [0.717, 1.165) is 42.3 Å². The predicted molar refractivity (Wildman–Crippen MR) is 143 cm³/mol. The summed E-state index contributed by atoms with van der Waals surface area (Å²) >= 11 is 1.44. The van der Waals surface area contributed by atoms with Gasteiger partial charge in [0.05, 0.1) is 18.2 Å². The van der Waals surface area contributed by atoms with Gasteiger partial charge >= 0.3 is 0 Å². The molecule has 1 aromatic heterocycles. The lowest BCUT2D eigenvalue weighted by Crippen LogP contribution is -2.44. The van der Waals surface area contributed by atoms with Gasteiger partial charge in [0, 0.05) is 42.4 Å². The molecule has 2 saturated heterocycles. The van der Waals surface area contributed by atoms with Crippen LogP contribution >= 0.6 is 11.3 Å². The Morgan fingerprint density at radius 3 is 2.33 bits per heavy atom. The van der Waals surface area contributed by atoms with Crippen LogP contribution in [0.25, 0.3) is 5.76 Å². The van der Waals surface area contributed by atoms with Crippen LogP contribution in [-0.2, 0) is 9.59 Å². The molecule has 36 heavy (non-hydrogen) atoms. The number of methoxy groups -OCH3 is 1. The molecule has 186 valence electrons. The number of likely N-dealkylation sites (N-methyl/N-ethyl adjacent to an activating group) is 1. The number of aryl methyl sites for hydroxylation is 1. The molecular weight excluding hydrogens is 474 g/mol. The van der Waals surface area contributed by atoms with E-state index < -0.39 is 17.7 Å². The molecule has 1 unspecified atom stereocenters. The van der Waals surface area contributed by atoms with Gasteiger partial charge in [-0.05, 0) is 61.8 Å². The molecule has 0 spiro atoms. The summed E-state index contributed by atoms with van der Waals surface area (Å²) in [6.07, 6.45) is 0. The van der Waals surface area contributed by atoms with Crippen molar-refractivity contribution >= 4 is 40.2 Å². The van der Waals surface area contributed by atoms with E-state index in [9.17, 15) is 14.7 Å². The minimum Gasteiger partial charge on any atom is -0.507 e. The first-order chi connectivity index (χ1) is 17.4. The zero-order valence-corrected chi connectivity index (χ0v) is 21.4. The van der Waals surface area contributed by atoms with E-state index in [2.05, 4.69) is 16.8 Å². The lowest BCUT2D eigenvalue weighted by molar-refractivity contribution is -0.132. The van der Waals surface area contributed by atoms with Crippen LogP contribution in [-0.4, -0.2) is 62.0 Å². The highest BCUT2D eigenvalue weighted by Gasteiger charge is 2.47. The van der Waals surface area contributed by atoms with Crippen molar-refractivity contribution < 1.29 is 19.4 Å². The summed E-state index contributed by atoms with van der Waals surface area (Å²) in [7, 11) is 3.63. The number of ether oxygens (including phenoxy) is 1. The second-order valence-electron chi connectivity index (χ2n) is 9.19. The summed E-state index contributed by atoms with van der Waals surface area (Å²) in [5.74, 6) is -1.17. The quantitative estimate of drug-likeness (QED) is 0.315. The van der Waals surface area contributed by atoms with Gasteiger partial charge in [-0.3, -0.25) is 14.5 Å².